The summed E-state index contributed by atoms with van der Waals surface area (Å²) in [7, 11) is 0. The van der Waals surface area contributed by atoms with Gasteiger partial charge in [0.2, 0.25) is 0 Å². The molecule has 0 saturated carbocycles. The topological polar surface area (TPSA) is 50.4 Å². The number of benzene rings is 1. The number of para-hydroxylation sites is 1. The van der Waals surface area contributed by atoms with Crippen molar-refractivity contribution in [2.24, 2.45) is 10.7 Å². The lowest BCUT2D eigenvalue weighted by molar-refractivity contribution is 1.07. The van der Waals surface area contributed by atoms with Crippen molar-refractivity contribution in [1.29, 1.82) is 0 Å². The minimum Gasteiger partial charge on any atom is -0.383 e. The predicted molar refractivity (Wildman–Crippen MR) is 58.6 cm³/mol. The van der Waals surface area contributed by atoms with E-state index in [9.17, 15) is 0 Å². The van der Waals surface area contributed by atoms with Crippen LogP contribution in [0.25, 0.3) is 0 Å². The molecule has 4 heteroatoms. The lowest BCUT2D eigenvalue weighted by Crippen LogP contribution is -2.26. The van der Waals surface area contributed by atoms with E-state index in [0.717, 1.165) is 11.3 Å². The van der Waals surface area contributed by atoms with Gasteiger partial charge in [-0.05, 0) is 34.7 Å². The van der Waals surface area contributed by atoms with Crippen LogP contribution in [0.5, 0.6) is 0 Å². The van der Waals surface area contributed by atoms with Crippen LogP contribution in [0.15, 0.2) is 29.3 Å². The molecule has 0 saturated heterocycles. The van der Waals surface area contributed by atoms with Gasteiger partial charge in [-0.25, -0.2) is 4.99 Å². The molecule has 1 atom stereocenters. The van der Waals surface area contributed by atoms with Crippen LogP contribution >= 0.6 is 22.6 Å². The summed E-state index contributed by atoms with van der Waals surface area (Å²) in [6, 6.07) is 7.90. The number of alkyl halides is 1. The lowest BCUT2D eigenvalue weighted by atomic mass is 10.1. The third-order valence-electron chi connectivity index (χ3n) is 1.73. The molecule has 3 nitrogen and oxygen atoms in total. The van der Waals surface area contributed by atoms with Crippen LogP contribution in [0, 0.1) is 0 Å². The molecule has 0 fully saturated rings. The second-order valence-electron chi connectivity index (χ2n) is 2.54. The molecule has 0 radical (unpaired) electrons. The highest BCUT2D eigenvalue weighted by molar-refractivity contribution is 14.1. The van der Waals surface area contributed by atoms with Gasteiger partial charge in [0.1, 0.15) is 5.84 Å². The fraction of sp³-hybridized carbons (Fsp3) is 0.125. The van der Waals surface area contributed by atoms with E-state index in [0.29, 0.717) is 5.84 Å². The Morgan fingerprint density at radius 1 is 1.42 bits per heavy atom. The Labute approximate surface area is 84.2 Å². The smallest absolute Gasteiger partial charge is 0.173 e. The second-order valence-corrected chi connectivity index (χ2v) is 3.72. The zero-order valence-corrected chi connectivity index (χ0v) is 8.45. The SMILES string of the molecule is NC1=NC(I)Nc2ccccc21. The summed E-state index contributed by atoms with van der Waals surface area (Å²) >= 11 is 2.19. The average molecular weight is 273 g/mol. The maximum atomic E-state index is 5.74. The Bertz CT molecular complexity index is 335. The summed E-state index contributed by atoms with van der Waals surface area (Å²) in [5.74, 6) is 0.615. The van der Waals surface area contributed by atoms with E-state index in [1.807, 2.05) is 24.3 Å². The lowest BCUT2D eigenvalue weighted by Gasteiger charge is -2.19. The number of aliphatic imine (C=N–C) groups is 1. The van der Waals surface area contributed by atoms with E-state index >= 15 is 0 Å². The quantitative estimate of drug-likeness (QED) is 0.428. The van der Waals surface area contributed by atoms with Crippen molar-refractivity contribution in [1.82, 2.24) is 0 Å². The van der Waals surface area contributed by atoms with E-state index in [4.69, 9.17) is 5.73 Å². The highest BCUT2D eigenvalue weighted by Crippen LogP contribution is 2.22. The number of nitrogens with zero attached hydrogens (tertiary/aromatic N) is 1. The highest BCUT2D eigenvalue weighted by Gasteiger charge is 2.14. The van der Waals surface area contributed by atoms with Crippen LogP contribution in [0.1, 0.15) is 5.56 Å². The van der Waals surface area contributed by atoms with Crippen molar-refractivity contribution >= 4 is 34.1 Å². The van der Waals surface area contributed by atoms with Crippen LogP contribution in [-0.2, 0) is 0 Å². The van der Waals surface area contributed by atoms with Gasteiger partial charge in [-0.1, -0.05) is 12.1 Å². The van der Waals surface area contributed by atoms with Gasteiger partial charge < -0.3 is 11.1 Å². The summed E-state index contributed by atoms with van der Waals surface area (Å²) < 4.78 is 0.0532. The zero-order valence-electron chi connectivity index (χ0n) is 6.29. The fourth-order valence-electron chi connectivity index (χ4n) is 1.18. The Balaban J connectivity index is 2.53. The molecular weight excluding hydrogens is 265 g/mol. The highest BCUT2D eigenvalue weighted by atomic mass is 127. The number of anilines is 1. The van der Waals surface area contributed by atoms with Crippen molar-refractivity contribution in [2.75, 3.05) is 5.32 Å². The minimum atomic E-state index is 0.0532. The van der Waals surface area contributed by atoms with Gasteiger partial charge in [-0.15, -0.1) is 0 Å². The average Bonchev–Trinajstić information content (AvgIpc) is 2.04. The molecule has 1 heterocycles. The molecule has 1 aliphatic rings. The van der Waals surface area contributed by atoms with Gasteiger partial charge in [0.25, 0.3) is 0 Å². The van der Waals surface area contributed by atoms with Crippen molar-refractivity contribution in [3.05, 3.63) is 29.8 Å². The molecule has 0 aromatic heterocycles. The van der Waals surface area contributed by atoms with Crippen LogP contribution in [-0.4, -0.2) is 10.0 Å². The molecule has 1 unspecified atom stereocenters. The normalized spacial score (nSPS) is 20.8. The number of nitrogens with one attached hydrogen (secondary N) is 1. The Kier molecular flexibility index (Phi) is 1.92. The maximum Gasteiger partial charge on any atom is 0.173 e. The standard InChI is InChI=1S/C8H8IN3/c9-8-11-6-4-2-1-3-5(6)7(10)12-8/h1-4,8,11H,(H2,10,12). The van der Waals surface area contributed by atoms with E-state index in [1.54, 1.807) is 0 Å². The summed E-state index contributed by atoms with van der Waals surface area (Å²) in [5.41, 5.74) is 7.79. The van der Waals surface area contributed by atoms with Crippen molar-refractivity contribution in [3.8, 4) is 0 Å². The molecule has 1 aromatic carbocycles. The summed E-state index contributed by atoms with van der Waals surface area (Å²) in [4.78, 5) is 4.19. The molecule has 62 valence electrons. The molecule has 0 amide bonds. The zero-order chi connectivity index (χ0) is 8.55. The Morgan fingerprint density at radius 2 is 2.17 bits per heavy atom. The van der Waals surface area contributed by atoms with Gasteiger partial charge in [-0.2, -0.15) is 0 Å². The number of nitrogens with two attached hydrogens (primary N) is 1. The largest absolute Gasteiger partial charge is 0.383 e. The molecule has 0 bridgehead atoms. The molecule has 1 aliphatic heterocycles. The first-order valence-electron chi connectivity index (χ1n) is 3.60. The first-order chi connectivity index (χ1) is 5.77. The summed E-state index contributed by atoms with van der Waals surface area (Å²) in [6.07, 6.45) is 0. The van der Waals surface area contributed by atoms with Gasteiger partial charge in [-0.3, -0.25) is 0 Å². The van der Waals surface area contributed by atoms with Crippen molar-refractivity contribution in [2.45, 2.75) is 4.17 Å². The summed E-state index contributed by atoms with van der Waals surface area (Å²) in [6.45, 7) is 0. The van der Waals surface area contributed by atoms with Crippen LogP contribution in [0.3, 0.4) is 0 Å². The van der Waals surface area contributed by atoms with Crippen molar-refractivity contribution in [3.63, 3.8) is 0 Å². The first-order valence-corrected chi connectivity index (χ1v) is 4.85. The number of fused-ring (bicyclic) bond motifs is 1. The molecule has 3 N–H and O–H groups in total. The number of halogens is 1. The third-order valence-corrected chi connectivity index (χ3v) is 2.32. The minimum absolute atomic E-state index is 0.0532. The number of amidine groups is 1. The molecule has 2 rings (SSSR count). The van der Waals surface area contributed by atoms with Gasteiger partial charge >= 0.3 is 0 Å². The molecule has 0 spiro atoms. The van der Waals surface area contributed by atoms with Gasteiger partial charge in [0, 0.05) is 11.3 Å². The second kappa shape index (κ2) is 2.93. The van der Waals surface area contributed by atoms with E-state index in [1.165, 1.54) is 0 Å². The summed E-state index contributed by atoms with van der Waals surface area (Å²) in [5, 5.41) is 3.21. The first kappa shape index (κ1) is 7.85. The van der Waals surface area contributed by atoms with Crippen LogP contribution in [0.2, 0.25) is 0 Å². The maximum absolute atomic E-state index is 5.74. The molecule has 12 heavy (non-hydrogen) atoms. The Morgan fingerprint density at radius 3 is 3.00 bits per heavy atom. The van der Waals surface area contributed by atoms with E-state index in [2.05, 4.69) is 32.9 Å². The molecule has 1 aromatic rings. The number of hydrogen-bond acceptors (Lipinski definition) is 3. The number of hydrogen-bond donors (Lipinski definition) is 2. The molecule has 0 aliphatic carbocycles. The monoisotopic (exact) mass is 273 g/mol. The Hall–Kier alpha value is -0.780. The third kappa shape index (κ3) is 1.26. The predicted octanol–water partition coefficient (Wildman–Crippen LogP) is 1.54. The van der Waals surface area contributed by atoms with E-state index < -0.39 is 0 Å². The van der Waals surface area contributed by atoms with Gasteiger partial charge in [0.15, 0.2) is 4.17 Å². The van der Waals surface area contributed by atoms with Crippen molar-refractivity contribution < 1.29 is 0 Å². The van der Waals surface area contributed by atoms with Crippen LogP contribution < -0.4 is 11.1 Å². The fourth-order valence-corrected chi connectivity index (χ4v) is 1.82. The number of rotatable bonds is 0. The van der Waals surface area contributed by atoms with E-state index in [-0.39, 0.29) is 4.17 Å². The molecular formula is C8H8IN3. The van der Waals surface area contributed by atoms with Crippen LogP contribution in [0.4, 0.5) is 5.69 Å². The van der Waals surface area contributed by atoms with Gasteiger partial charge in [0.05, 0.1) is 0 Å².